The highest BCUT2D eigenvalue weighted by Crippen LogP contribution is 2.53. The molecule has 3 unspecified atom stereocenters. The fourth-order valence-electron chi connectivity index (χ4n) is 2.60. The Kier molecular flexibility index (Phi) is 2.22. The van der Waals surface area contributed by atoms with Crippen LogP contribution >= 0.6 is 15.9 Å². The molecular weight excluding hydrogens is 232 g/mol. The number of hydrogen-bond donors (Lipinski definition) is 0. The number of allylic oxidation sites excluding steroid dienone is 2. The van der Waals surface area contributed by atoms with Gasteiger partial charge in [0.2, 0.25) is 0 Å². The zero-order valence-electron chi connectivity index (χ0n) is 7.63. The van der Waals surface area contributed by atoms with Gasteiger partial charge in [-0.2, -0.15) is 0 Å². The molecule has 1 fully saturated rings. The largest absolute Gasteiger partial charge is 0.469 e. The van der Waals surface area contributed by atoms with Gasteiger partial charge in [-0.1, -0.05) is 28.1 Å². The predicted octanol–water partition coefficient (Wildman–Crippen LogP) is 2.14. The number of halogens is 1. The maximum Gasteiger partial charge on any atom is 0.313 e. The molecule has 0 heterocycles. The summed E-state index contributed by atoms with van der Waals surface area (Å²) in [7, 11) is 1.47. The Morgan fingerprint density at radius 3 is 2.85 bits per heavy atom. The van der Waals surface area contributed by atoms with Crippen LogP contribution in [0.5, 0.6) is 0 Å². The van der Waals surface area contributed by atoms with Crippen molar-refractivity contribution in [2.24, 2.45) is 17.3 Å². The summed E-state index contributed by atoms with van der Waals surface area (Å²) in [5, 5.41) is 0.720. The van der Waals surface area contributed by atoms with Crippen molar-refractivity contribution >= 4 is 21.9 Å². The maximum absolute atomic E-state index is 11.7. The van der Waals surface area contributed by atoms with Gasteiger partial charge in [0.15, 0.2) is 0 Å². The van der Waals surface area contributed by atoms with Gasteiger partial charge in [0.1, 0.15) is 0 Å². The van der Waals surface area contributed by atoms with Crippen LogP contribution in [0.3, 0.4) is 0 Å². The molecular formula is C10H13BrO2. The summed E-state index contributed by atoms with van der Waals surface area (Å²) in [6.07, 6.45) is 6.48. The van der Waals surface area contributed by atoms with Gasteiger partial charge in [0, 0.05) is 5.33 Å². The van der Waals surface area contributed by atoms with Crippen molar-refractivity contribution in [1.29, 1.82) is 0 Å². The molecule has 13 heavy (non-hydrogen) atoms. The molecule has 0 saturated heterocycles. The molecule has 0 amide bonds. The Hall–Kier alpha value is -0.310. The molecule has 2 rings (SSSR count). The molecule has 0 aromatic rings. The second-order valence-corrected chi connectivity index (χ2v) is 4.53. The first-order valence-electron chi connectivity index (χ1n) is 4.55. The Bertz CT molecular complexity index is 262. The van der Waals surface area contributed by atoms with E-state index in [1.165, 1.54) is 7.11 Å². The van der Waals surface area contributed by atoms with Crippen molar-refractivity contribution in [1.82, 2.24) is 0 Å². The fraction of sp³-hybridized carbons (Fsp3) is 0.700. The second kappa shape index (κ2) is 3.12. The standard InChI is InChI=1S/C10H13BrO2/c1-13-9(12)10(6-11)5-7-2-3-8(10)4-7/h2-3,7-8H,4-6H2,1H3. The van der Waals surface area contributed by atoms with Crippen LogP contribution < -0.4 is 0 Å². The molecule has 0 radical (unpaired) electrons. The summed E-state index contributed by atoms with van der Waals surface area (Å²) < 4.78 is 4.88. The fourth-order valence-corrected chi connectivity index (χ4v) is 3.47. The normalized spacial score (nSPS) is 41.1. The van der Waals surface area contributed by atoms with Crippen LogP contribution in [0.4, 0.5) is 0 Å². The minimum atomic E-state index is -0.270. The highest BCUT2D eigenvalue weighted by Gasteiger charge is 2.53. The van der Waals surface area contributed by atoms with Crippen molar-refractivity contribution in [2.75, 3.05) is 12.4 Å². The quantitative estimate of drug-likeness (QED) is 0.423. The van der Waals surface area contributed by atoms with Crippen molar-refractivity contribution < 1.29 is 9.53 Å². The van der Waals surface area contributed by atoms with Crippen LogP contribution in [0.15, 0.2) is 12.2 Å². The highest BCUT2D eigenvalue weighted by atomic mass is 79.9. The number of hydrogen-bond acceptors (Lipinski definition) is 2. The van der Waals surface area contributed by atoms with Gasteiger partial charge in [-0.3, -0.25) is 4.79 Å². The van der Waals surface area contributed by atoms with Crippen LogP contribution in [0, 0.1) is 17.3 Å². The van der Waals surface area contributed by atoms with Crippen LogP contribution in [0.25, 0.3) is 0 Å². The number of methoxy groups -OCH3 is 1. The van der Waals surface area contributed by atoms with Crippen molar-refractivity contribution in [3.63, 3.8) is 0 Å². The Balaban J connectivity index is 2.27. The Morgan fingerprint density at radius 1 is 1.69 bits per heavy atom. The van der Waals surface area contributed by atoms with E-state index in [9.17, 15) is 4.79 Å². The average molecular weight is 245 g/mol. The number of carbonyl (C=O) groups excluding carboxylic acids is 1. The van der Waals surface area contributed by atoms with E-state index in [2.05, 4.69) is 28.1 Å². The van der Waals surface area contributed by atoms with Crippen molar-refractivity contribution in [3.8, 4) is 0 Å². The molecule has 3 heteroatoms. The minimum absolute atomic E-state index is 0.0544. The summed E-state index contributed by atoms with van der Waals surface area (Å²) in [6.45, 7) is 0. The number of fused-ring (bicyclic) bond motifs is 2. The number of alkyl halides is 1. The average Bonchev–Trinajstić information content (AvgIpc) is 2.75. The SMILES string of the molecule is COC(=O)C1(CBr)CC2C=CC1C2. The monoisotopic (exact) mass is 244 g/mol. The van der Waals surface area contributed by atoms with E-state index in [0.717, 1.165) is 18.2 Å². The molecule has 1 saturated carbocycles. The Labute approximate surface area is 86.5 Å². The lowest BCUT2D eigenvalue weighted by molar-refractivity contribution is -0.152. The van der Waals surface area contributed by atoms with Crippen LogP contribution in [-0.4, -0.2) is 18.4 Å². The molecule has 0 aromatic carbocycles. The zero-order valence-corrected chi connectivity index (χ0v) is 9.21. The highest BCUT2D eigenvalue weighted by molar-refractivity contribution is 9.09. The van der Waals surface area contributed by atoms with Crippen LogP contribution in [0.1, 0.15) is 12.8 Å². The smallest absolute Gasteiger partial charge is 0.313 e. The molecule has 2 aliphatic rings. The number of esters is 1. The first kappa shape index (κ1) is 9.25. The van der Waals surface area contributed by atoms with Gasteiger partial charge in [0.25, 0.3) is 0 Å². The van der Waals surface area contributed by atoms with E-state index in [1.807, 2.05) is 0 Å². The first-order valence-corrected chi connectivity index (χ1v) is 5.68. The van der Waals surface area contributed by atoms with Crippen molar-refractivity contribution in [3.05, 3.63) is 12.2 Å². The summed E-state index contributed by atoms with van der Waals surface area (Å²) in [6, 6.07) is 0. The number of rotatable bonds is 2. The predicted molar refractivity (Wildman–Crippen MR) is 53.6 cm³/mol. The molecule has 72 valence electrons. The number of ether oxygens (including phenoxy) is 1. The number of carbonyl (C=O) groups is 1. The summed E-state index contributed by atoms with van der Waals surface area (Å²) in [4.78, 5) is 11.7. The van der Waals surface area contributed by atoms with Gasteiger partial charge in [-0.25, -0.2) is 0 Å². The topological polar surface area (TPSA) is 26.3 Å². The van der Waals surface area contributed by atoms with Crippen molar-refractivity contribution in [2.45, 2.75) is 12.8 Å². The Morgan fingerprint density at radius 2 is 2.46 bits per heavy atom. The van der Waals surface area contributed by atoms with E-state index in [1.54, 1.807) is 0 Å². The van der Waals surface area contributed by atoms with E-state index >= 15 is 0 Å². The molecule has 0 aliphatic heterocycles. The molecule has 0 spiro atoms. The lowest BCUT2D eigenvalue weighted by Gasteiger charge is -2.30. The maximum atomic E-state index is 11.7. The van der Waals surface area contributed by atoms with Gasteiger partial charge in [-0.05, 0) is 24.7 Å². The summed E-state index contributed by atoms with van der Waals surface area (Å²) in [5.74, 6) is 0.937. The summed E-state index contributed by atoms with van der Waals surface area (Å²) in [5.41, 5.74) is -0.270. The molecule has 3 atom stereocenters. The van der Waals surface area contributed by atoms with Crippen LogP contribution in [-0.2, 0) is 9.53 Å². The first-order chi connectivity index (χ1) is 6.23. The van der Waals surface area contributed by atoms with E-state index in [4.69, 9.17) is 4.74 Å². The van der Waals surface area contributed by atoms with Gasteiger partial charge in [0.05, 0.1) is 12.5 Å². The third kappa shape index (κ3) is 1.17. The second-order valence-electron chi connectivity index (χ2n) is 3.97. The van der Waals surface area contributed by atoms with E-state index < -0.39 is 0 Å². The minimum Gasteiger partial charge on any atom is -0.469 e. The van der Waals surface area contributed by atoms with E-state index in [0.29, 0.717) is 11.8 Å². The van der Waals surface area contributed by atoms with Gasteiger partial charge in [-0.15, -0.1) is 0 Å². The lowest BCUT2D eigenvalue weighted by Crippen LogP contribution is -2.37. The van der Waals surface area contributed by atoms with E-state index in [-0.39, 0.29) is 11.4 Å². The molecule has 2 nitrogen and oxygen atoms in total. The third-order valence-corrected chi connectivity index (χ3v) is 4.34. The van der Waals surface area contributed by atoms with Gasteiger partial charge < -0.3 is 4.74 Å². The molecule has 0 aromatic heterocycles. The zero-order chi connectivity index (χ0) is 9.47. The molecule has 0 N–H and O–H groups in total. The lowest BCUT2D eigenvalue weighted by atomic mass is 9.78. The third-order valence-electron chi connectivity index (χ3n) is 3.34. The molecule has 2 bridgehead atoms. The summed E-state index contributed by atoms with van der Waals surface area (Å²) >= 11 is 3.44. The molecule has 2 aliphatic carbocycles. The van der Waals surface area contributed by atoms with Crippen LogP contribution in [0.2, 0.25) is 0 Å². The van der Waals surface area contributed by atoms with Gasteiger partial charge >= 0.3 is 5.97 Å².